The minimum atomic E-state index is -0.829. The van der Waals surface area contributed by atoms with Crippen molar-refractivity contribution in [2.45, 2.75) is 64.7 Å². The minimum Gasteiger partial charge on any atom is -0.481 e. The van der Waals surface area contributed by atoms with E-state index in [-0.39, 0.29) is 23.1 Å². The predicted octanol–water partition coefficient (Wildman–Crippen LogP) is 9.45. The topological polar surface area (TPSA) is 80.1 Å². The van der Waals surface area contributed by atoms with Crippen molar-refractivity contribution in [2.75, 3.05) is 11.5 Å². The van der Waals surface area contributed by atoms with Gasteiger partial charge in [0.2, 0.25) is 0 Å². The molecule has 2 aromatic heterocycles. The van der Waals surface area contributed by atoms with Crippen molar-refractivity contribution in [1.82, 2.24) is 14.5 Å². The van der Waals surface area contributed by atoms with Crippen LogP contribution in [0.4, 0.5) is 8.78 Å². The number of nitrogens with zero attached hydrogens (tertiary/aromatic N) is 2. The molecule has 4 bridgehead atoms. The molecule has 0 saturated carbocycles. The Morgan fingerprint density at radius 3 is 2.72 bits per heavy atom. The van der Waals surface area contributed by atoms with Crippen LogP contribution in [-0.4, -0.2) is 37.1 Å². The van der Waals surface area contributed by atoms with E-state index in [0.717, 1.165) is 58.5 Å². The van der Waals surface area contributed by atoms with E-state index < -0.39 is 23.0 Å². The van der Waals surface area contributed by atoms with E-state index in [1.54, 1.807) is 12.3 Å². The van der Waals surface area contributed by atoms with E-state index in [9.17, 15) is 9.90 Å². The molecule has 0 spiro atoms. The molecule has 0 radical (unpaired) electrons. The molecule has 5 aromatic rings. The van der Waals surface area contributed by atoms with Gasteiger partial charge >= 0.3 is 5.97 Å². The van der Waals surface area contributed by atoms with Crippen molar-refractivity contribution in [2.24, 2.45) is 12.5 Å². The fourth-order valence-electron chi connectivity index (χ4n) is 6.68. The highest BCUT2D eigenvalue weighted by Crippen LogP contribution is 2.42. The molecular formula is C38H41F2N3O3S. The average Bonchev–Trinajstić information content (AvgIpc) is 3.66. The second-order valence-electron chi connectivity index (χ2n) is 13.7. The lowest BCUT2D eigenvalue weighted by atomic mass is 9.74. The molecule has 246 valence electrons. The van der Waals surface area contributed by atoms with Crippen molar-refractivity contribution in [3.05, 3.63) is 101 Å². The summed E-state index contributed by atoms with van der Waals surface area (Å²) in [5.41, 5.74) is 4.12. The van der Waals surface area contributed by atoms with Gasteiger partial charge in [0.15, 0.2) is 11.6 Å². The van der Waals surface area contributed by atoms with Gasteiger partial charge in [0.05, 0.1) is 11.3 Å². The summed E-state index contributed by atoms with van der Waals surface area (Å²) in [4.78, 5) is 19.5. The number of hydrogen-bond acceptors (Lipinski definition) is 4. The Hall–Kier alpha value is -4.11. The van der Waals surface area contributed by atoms with Crippen LogP contribution in [0.3, 0.4) is 0 Å². The largest absolute Gasteiger partial charge is 0.481 e. The Morgan fingerprint density at radius 2 is 1.91 bits per heavy atom. The molecule has 47 heavy (non-hydrogen) atoms. The smallest absolute Gasteiger partial charge is 0.303 e. The molecule has 1 aliphatic rings. The first-order valence-corrected chi connectivity index (χ1v) is 17.3. The standard InChI is InChI=1S/C38H41F2N3O3S/c1-37(2)15-6-16-38(3,25-8-5-7-24(19-25)9-12-34(44)45)33-22-43(4)36(42-33)29-20-26(10-11-30(29)39)46-35-28(14-18-47-23-37)27-13-17-41-32(27)21-31(35)40/h5,7-8,10-11,13,17,19-22,41H,6,9,12,14-16,18,23H2,1-4H3,(H,44,45). The molecule has 3 heterocycles. The number of halogens is 2. The van der Waals surface area contributed by atoms with E-state index in [2.05, 4.69) is 37.9 Å². The van der Waals surface area contributed by atoms with Gasteiger partial charge in [-0.15, -0.1) is 0 Å². The third-order valence-electron chi connectivity index (χ3n) is 9.42. The normalized spacial score (nSPS) is 18.6. The van der Waals surface area contributed by atoms with Crippen LogP contribution in [0.5, 0.6) is 11.5 Å². The maximum Gasteiger partial charge on any atom is 0.303 e. The number of aromatic amines is 1. The van der Waals surface area contributed by atoms with Gasteiger partial charge in [-0.1, -0.05) is 44.5 Å². The molecule has 1 atom stereocenters. The van der Waals surface area contributed by atoms with E-state index in [1.807, 2.05) is 47.8 Å². The van der Waals surface area contributed by atoms with Crippen molar-refractivity contribution >= 4 is 28.6 Å². The first-order chi connectivity index (χ1) is 22.4. The van der Waals surface area contributed by atoms with Crippen LogP contribution in [0.2, 0.25) is 0 Å². The van der Waals surface area contributed by atoms with Crippen LogP contribution in [0.1, 0.15) is 68.8 Å². The number of H-pyrrole nitrogens is 1. The lowest BCUT2D eigenvalue weighted by molar-refractivity contribution is -0.136. The van der Waals surface area contributed by atoms with E-state index in [4.69, 9.17) is 9.72 Å². The molecule has 6 rings (SSSR count). The molecule has 2 N–H and O–H groups in total. The number of rotatable bonds is 4. The first-order valence-electron chi connectivity index (χ1n) is 16.1. The van der Waals surface area contributed by atoms with Gasteiger partial charge < -0.3 is 19.4 Å². The van der Waals surface area contributed by atoms with Gasteiger partial charge in [-0.3, -0.25) is 4.79 Å². The van der Waals surface area contributed by atoms with Crippen molar-refractivity contribution in [3.63, 3.8) is 0 Å². The van der Waals surface area contributed by atoms with Crippen molar-refractivity contribution in [3.8, 4) is 22.9 Å². The predicted molar refractivity (Wildman–Crippen MR) is 184 cm³/mol. The number of fused-ring (bicyclic) bond motifs is 8. The van der Waals surface area contributed by atoms with Crippen LogP contribution < -0.4 is 4.74 Å². The highest BCUT2D eigenvalue weighted by Gasteiger charge is 2.34. The number of imidazole rings is 1. The zero-order valence-corrected chi connectivity index (χ0v) is 28.1. The lowest BCUT2D eigenvalue weighted by Crippen LogP contribution is -2.26. The van der Waals surface area contributed by atoms with Gasteiger partial charge in [0.1, 0.15) is 17.4 Å². The van der Waals surface area contributed by atoms with E-state index in [1.165, 1.54) is 18.2 Å². The highest BCUT2D eigenvalue weighted by atomic mass is 32.2. The minimum absolute atomic E-state index is 0.0564. The number of aliphatic carboxylic acids is 1. The summed E-state index contributed by atoms with van der Waals surface area (Å²) >= 11 is 1.86. The molecule has 1 unspecified atom stereocenters. The quantitative estimate of drug-likeness (QED) is 0.201. The summed E-state index contributed by atoms with van der Waals surface area (Å²) in [5, 5.41) is 10.2. The van der Waals surface area contributed by atoms with E-state index >= 15 is 8.78 Å². The molecule has 9 heteroatoms. The molecule has 1 aliphatic heterocycles. The molecule has 0 amide bonds. The molecular weight excluding hydrogens is 616 g/mol. The molecule has 3 aromatic carbocycles. The monoisotopic (exact) mass is 657 g/mol. The van der Waals surface area contributed by atoms with Gasteiger partial charge in [-0.2, -0.15) is 11.8 Å². The number of benzene rings is 3. The molecule has 6 nitrogen and oxygen atoms in total. The van der Waals surface area contributed by atoms with Crippen LogP contribution in [0.25, 0.3) is 22.3 Å². The number of aromatic nitrogens is 3. The number of carboxylic acid groups (broad SMARTS) is 1. The summed E-state index contributed by atoms with van der Waals surface area (Å²) in [6.45, 7) is 6.75. The van der Waals surface area contributed by atoms with Crippen LogP contribution in [0, 0.1) is 17.0 Å². The van der Waals surface area contributed by atoms with Gasteiger partial charge in [-0.25, -0.2) is 13.8 Å². The maximum absolute atomic E-state index is 15.6. The van der Waals surface area contributed by atoms with Crippen molar-refractivity contribution < 1.29 is 23.4 Å². The zero-order valence-electron chi connectivity index (χ0n) is 27.3. The Bertz CT molecular complexity index is 1930. The first kappa shape index (κ1) is 32.8. The average molecular weight is 658 g/mol. The van der Waals surface area contributed by atoms with Gasteiger partial charge in [0.25, 0.3) is 0 Å². The lowest BCUT2D eigenvalue weighted by Gasteiger charge is -2.31. The van der Waals surface area contributed by atoms with Gasteiger partial charge in [-0.05, 0) is 84.9 Å². The summed E-state index contributed by atoms with van der Waals surface area (Å²) < 4.78 is 39.3. The zero-order chi connectivity index (χ0) is 33.3. The third-order valence-corrected chi connectivity index (χ3v) is 10.9. The summed E-state index contributed by atoms with van der Waals surface area (Å²) in [6.07, 6.45) is 7.61. The van der Waals surface area contributed by atoms with Gasteiger partial charge in [0, 0.05) is 53.8 Å². The number of carbonyl (C=O) groups is 1. The summed E-state index contributed by atoms with van der Waals surface area (Å²) in [6, 6.07) is 16.0. The Kier molecular flexibility index (Phi) is 9.20. The summed E-state index contributed by atoms with van der Waals surface area (Å²) in [5.74, 6) is 0.917. The molecule has 0 aliphatic carbocycles. The summed E-state index contributed by atoms with van der Waals surface area (Å²) in [7, 11) is 1.85. The van der Waals surface area contributed by atoms with Crippen molar-refractivity contribution in [1.29, 1.82) is 0 Å². The highest BCUT2D eigenvalue weighted by molar-refractivity contribution is 7.99. The SMILES string of the molecule is Cn1cc2nc1-c1cc(ccc1F)Oc1c(F)cc3[nH]ccc3c1CCSCC(C)(C)CCCC2(C)c1cccc(CCC(=O)O)c1. The number of carboxylic acids is 1. The fraction of sp³-hybridized carbons (Fsp3) is 0.368. The van der Waals surface area contributed by atoms with Crippen LogP contribution >= 0.6 is 11.8 Å². The Labute approximate surface area is 278 Å². The van der Waals surface area contributed by atoms with E-state index in [0.29, 0.717) is 29.9 Å². The third kappa shape index (κ3) is 6.96. The number of nitrogens with one attached hydrogen (secondary N) is 1. The van der Waals surface area contributed by atoms with Crippen LogP contribution in [0.15, 0.2) is 67.0 Å². The number of ether oxygens (including phenoxy) is 1. The second kappa shape index (κ2) is 13.2. The molecule has 0 saturated heterocycles. The molecule has 0 fully saturated rings. The second-order valence-corrected chi connectivity index (χ2v) is 14.8. The number of aryl methyl sites for hydroxylation is 3. The number of thioether (sulfide) groups is 1. The Morgan fingerprint density at radius 1 is 1.09 bits per heavy atom. The maximum atomic E-state index is 15.6. The number of hydrogen-bond donors (Lipinski definition) is 2. The van der Waals surface area contributed by atoms with Crippen LogP contribution in [-0.2, 0) is 30.1 Å². The Balaban J connectivity index is 1.46. The fourth-order valence-corrected chi connectivity index (χ4v) is 7.87.